The SMILES string of the molecule is CC1(C)C=Cc2c(CC(NC(=O)c3c(Cl)cccc3Cl)C(=O)O)ccc(Br)c2O1. The summed E-state index contributed by atoms with van der Waals surface area (Å²) in [6.45, 7) is 3.86. The molecule has 1 aliphatic heterocycles. The summed E-state index contributed by atoms with van der Waals surface area (Å²) in [6.07, 6.45) is 3.88. The maximum Gasteiger partial charge on any atom is 0.326 e. The standard InChI is InChI=1S/C21H18BrCl2NO4/c1-21(2)9-8-12-11(6-7-13(22)18(12)29-21)10-16(20(27)28)25-19(26)17-14(23)4-3-5-15(17)24/h3-9,16H,10H2,1-2H3,(H,25,26)(H,27,28). The zero-order chi connectivity index (χ0) is 21.3. The molecule has 152 valence electrons. The molecule has 2 N–H and O–H groups in total. The van der Waals surface area contributed by atoms with Crippen LogP contribution in [0.3, 0.4) is 0 Å². The molecular formula is C21H18BrCl2NO4. The van der Waals surface area contributed by atoms with Gasteiger partial charge in [0.2, 0.25) is 0 Å². The van der Waals surface area contributed by atoms with Crippen molar-refractivity contribution in [3.8, 4) is 5.75 Å². The number of aliphatic carboxylic acids is 1. The highest BCUT2D eigenvalue weighted by molar-refractivity contribution is 9.10. The van der Waals surface area contributed by atoms with Gasteiger partial charge in [0.25, 0.3) is 5.91 Å². The third-order valence-corrected chi connectivity index (χ3v) is 5.73. The van der Waals surface area contributed by atoms with Crippen molar-refractivity contribution >= 4 is 57.1 Å². The van der Waals surface area contributed by atoms with E-state index in [1.165, 1.54) is 12.1 Å². The Morgan fingerprint density at radius 2 is 1.86 bits per heavy atom. The Bertz CT molecular complexity index is 1000. The number of carboxylic acid groups (broad SMARTS) is 1. The summed E-state index contributed by atoms with van der Waals surface area (Å²) in [6, 6.07) is 7.08. The van der Waals surface area contributed by atoms with Gasteiger partial charge in [0.15, 0.2) is 0 Å². The van der Waals surface area contributed by atoms with Crippen molar-refractivity contribution in [1.29, 1.82) is 0 Å². The Kier molecular flexibility index (Phi) is 6.27. The maximum atomic E-state index is 12.6. The normalized spacial score (nSPS) is 15.2. The van der Waals surface area contributed by atoms with Gasteiger partial charge >= 0.3 is 5.97 Å². The summed E-state index contributed by atoms with van der Waals surface area (Å²) in [5.74, 6) is -1.18. The van der Waals surface area contributed by atoms with E-state index in [-0.39, 0.29) is 22.0 Å². The van der Waals surface area contributed by atoms with Crippen LogP contribution in [0.5, 0.6) is 5.75 Å². The lowest BCUT2D eigenvalue weighted by Crippen LogP contribution is -2.42. The van der Waals surface area contributed by atoms with Gasteiger partial charge in [0, 0.05) is 12.0 Å². The van der Waals surface area contributed by atoms with Crippen LogP contribution in [0.25, 0.3) is 6.08 Å². The van der Waals surface area contributed by atoms with E-state index in [2.05, 4.69) is 21.2 Å². The van der Waals surface area contributed by atoms with Gasteiger partial charge in [-0.1, -0.05) is 41.4 Å². The smallest absolute Gasteiger partial charge is 0.326 e. The lowest BCUT2D eigenvalue weighted by molar-refractivity contribution is -0.139. The number of ether oxygens (including phenoxy) is 1. The first kappa shape index (κ1) is 21.7. The number of halogens is 3. The van der Waals surface area contributed by atoms with Crippen LogP contribution in [0.15, 0.2) is 40.9 Å². The minimum Gasteiger partial charge on any atom is -0.482 e. The van der Waals surface area contributed by atoms with Crippen molar-refractivity contribution in [2.24, 2.45) is 0 Å². The predicted molar refractivity (Wildman–Crippen MR) is 117 cm³/mol. The molecule has 29 heavy (non-hydrogen) atoms. The van der Waals surface area contributed by atoms with Crippen LogP contribution in [0.1, 0.15) is 35.3 Å². The number of nitrogens with one attached hydrogen (secondary N) is 1. The van der Waals surface area contributed by atoms with E-state index in [1.807, 2.05) is 26.0 Å². The first-order valence-corrected chi connectivity index (χ1v) is 10.3. The monoisotopic (exact) mass is 497 g/mol. The topological polar surface area (TPSA) is 75.6 Å². The van der Waals surface area contributed by atoms with Crippen LogP contribution in [-0.2, 0) is 11.2 Å². The van der Waals surface area contributed by atoms with Crippen LogP contribution in [0.2, 0.25) is 10.0 Å². The minimum atomic E-state index is -1.18. The van der Waals surface area contributed by atoms with Crippen LogP contribution >= 0.6 is 39.1 Å². The molecule has 0 radical (unpaired) electrons. The van der Waals surface area contributed by atoms with Crippen LogP contribution in [-0.4, -0.2) is 28.6 Å². The number of carboxylic acids is 1. The number of benzene rings is 2. The quantitative estimate of drug-likeness (QED) is 0.581. The van der Waals surface area contributed by atoms with E-state index in [1.54, 1.807) is 18.2 Å². The zero-order valence-corrected chi connectivity index (χ0v) is 18.7. The molecule has 1 unspecified atom stereocenters. The Morgan fingerprint density at radius 3 is 2.48 bits per heavy atom. The number of hydrogen-bond acceptors (Lipinski definition) is 3. The molecule has 3 rings (SSSR count). The molecule has 0 saturated carbocycles. The summed E-state index contributed by atoms with van der Waals surface area (Å²) in [5.41, 5.74) is 1.07. The third kappa shape index (κ3) is 4.77. The molecule has 0 saturated heterocycles. The third-order valence-electron chi connectivity index (χ3n) is 4.47. The molecule has 0 spiro atoms. The highest BCUT2D eigenvalue weighted by Gasteiger charge is 2.28. The average molecular weight is 499 g/mol. The molecular weight excluding hydrogens is 481 g/mol. The molecule has 1 aliphatic rings. The Hall–Kier alpha value is -2.02. The van der Waals surface area contributed by atoms with Gasteiger partial charge in [0.05, 0.1) is 20.1 Å². The summed E-state index contributed by atoms with van der Waals surface area (Å²) < 4.78 is 6.78. The second kappa shape index (κ2) is 8.38. The van der Waals surface area contributed by atoms with Crippen LogP contribution in [0, 0.1) is 0 Å². The van der Waals surface area contributed by atoms with Gasteiger partial charge in [-0.15, -0.1) is 0 Å². The number of rotatable bonds is 5. The summed E-state index contributed by atoms with van der Waals surface area (Å²) in [5, 5.41) is 12.5. The first-order chi connectivity index (χ1) is 13.6. The van der Waals surface area contributed by atoms with Crippen molar-refractivity contribution in [2.75, 3.05) is 0 Å². The molecule has 5 nitrogen and oxygen atoms in total. The molecule has 2 aromatic carbocycles. The number of carbonyl (C=O) groups is 2. The average Bonchev–Trinajstić information content (AvgIpc) is 2.62. The van der Waals surface area contributed by atoms with Crippen LogP contribution < -0.4 is 10.1 Å². The number of carbonyl (C=O) groups excluding carboxylic acids is 1. The van der Waals surface area contributed by atoms with Gasteiger partial charge in [-0.25, -0.2) is 4.79 Å². The van der Waals surface area contributed by atoms with Gasteiger partial charge < -0.3 is 15.2 Å². The lowest BCUT2D eigenvalue weighted by Gasteiger charge is -2.30. The van der Waals surface area contributed by atoms with Crippen molar-refractivity contribution in [1.82, 2.24) is 5.32 Å². The van der Waals surface area contributed by atoms with Crippen molar-refractivity contribution in [3.05, 3.63) is 67.6 Å². The van der Waals surface area contributed by atoms with E-state index < -0.39 is 23.5 Å². The van der Waals surface area contributed by atoms with Gasteiger partial charge in [-0.05, 0) is 59.6 Å². The van der Waals surface area contributed by atoms with E-state index >= 15 is 0 Å². The molecule has 1 atom stereocenters. The fraction of sp³-hybridized carbons (Fsp3) is 0.238. The summed E-state index contributed by atoms with van der Waals surface area (Å²) >= 11 is 15.6. The lowest BCUT2D eigenvalue weighted by atomic mass is 9.95. The minimum absolute atomic E-state index is 0.0462. The predicted octanol–water partition coefficient (Wildman–Crippen LogP) is 5.37. The molecule has 8 heteroatoms. The fourth-order valence-corrected chi connectivity index (χ4v) is 4.02. The van der Waals surface area contributed by atoms with Crippen molar-refractivity contribution in [3.63, 3.8) is 0 Å². The fourth-order valence-electron chi connectivity index (χ4n) is 3.02. The highest BCUT2D eigenvalue weighted by Crippen LogP contribution is 2.39. The van der Waals surface area contributed by atoms with Gasteiger partial charge in [-0.2, -0.15) is 0 Å². The maximum absolute atomic E-state index is 12.6. The molecule has 1 amide bonds. The molecule has 0 aromatic heterocycles. The summed E-state index contributed by atoms with van der Waals surface area (Å²) in [7, 11) is 0. The number of fused-ring (bicyclic) bond motifs is 1. The van der Waals surface area contributed by atoms with E-state index in [4.69, 9.17) is 27.9 Å². The molecule has 0 fully saturated rings. The van der Waals surface area contributed by atoms with Crippen LogP contribution in [0.4, 0.5) is 0 Å². The second-order valence-corrected chi connectivity index (χ2v) is 8.82. The van der Waals surface area contributed by atoms with Gasteiger partial charge in [-0.3, -0.25) is 4.79 Å². The molecule has 0 bridgehead atoms. The largest absolute Gasteiger partial charge is 0.482 e. The Morgan fingerprint density at radius 1 is 1.21 bits per heavy atom. The Balaban J connectivity index is 1.90. The van der Waals surface area contributed by atoms with Crippen molar-refractivity contribution < 1.29 is 19.4 Å². The first-order valence-electron chi connectivity index (χ1n) is 8.76. The zero-order valence-electron chi connectivity index (χ0n) is 15.6. The summed E-state index contributed by atoms with van der Waals surface area (Å²) in [4.78, 5) is 24.5. The van der Waals surface area contributed by atoms with Crippen molar-refractivity contribution in [2.45, 2.75) is 31.9 Å². The number of amides is 1. The molecule has 0 aliphatic carbocycles. The van der Waals surface area contributed by atoms with E-state index in [0.717, 1.165) is 15.6 Å². The Labute approximate surface area is 186 Å². The molecule has 2 aromatic rings. The van der Waals surface area contributed by atoms with E-state index in [9.17, 15) is 14.7 Å². The van der Waals surface area contributed by atoms with Gasteiger partial charge in [0.1, 0.15) is 17.4 Å². The van der Waals surface area contributed by atoms with E-state index in [0.29, 0.717) is 5.75 Å². The molecule has 1 heterocycles. The highest BCUT2D eigenvalue weighted by atomic mass is 79.9. The number of hydrogen-bond donors (Lipinski definition) is 2. The second-order valence-electron chi connectivity index (χ2n) is 7.15.